The fraction of sp³-hybridized carbons (Fsp3) is 0.778. The number of rotatable bonds is 6. The topological polar surface area (TPSA) is 36.1 Å². The van der Waals surface area contributed by atoms with E-state index in [9.17, 15) is 0 Å². The third-order valence-electron chi connectivity index (χ3n) is 1.39. The molecule has 2 heteroatoms. The van der Waals surface area contributed by atoms with Crippen LogP contribution in [0, 0.1) is 11.3 Å². The molecular weight excluding hydrogens is 136 g/mol. The van der Waals surface area contributed by atoms with Crippen molar-refractivity contribution < 1.29 is 0 Å². The Morgan fingerprint density at radius 1 is 1.36 bits per heavy atom. The first-order valence-corrected chi connectivity index (χ1v) is 4.27. The predicted octanol–water partition coefficient (Wildman–Crippen LogP) is 2.55. The van der Waals surface area contributed by atoms with E-state index < -0.39 is 0 Å². The molecule has 0 aliphatic carbocycles. The van der Waals surface area contributed by atoms with Crippen LogP contribution in [0.1, 0.15) is 39.0 Å². The van der Waals surface area contributed by atoms with Gasteiger partial charge in [-0.25, -0.2) is 0 Å². The molecule has 0 fully saturated rings. The molecule has 0 N–H and O–H groups in total. The van der Waals surface area contributed by atoms with Crippen molar-refractivity contribution in [3.05, 3.63) is 0 Å². The quantitative estimate of drug-likeness (QED) is 0.425. The second-order valence-corrected chi connectivity index (χ2v) is 2.47. The second-order valence-electron chi connectivity index (χ2n) is 2.47. The molecule has 0 spiro atoms. The summed E-state index contributed by atoms with van der Waals surface area (Å²) < 4.78 is 0. The van der Waals surface area contributed by atoms with Gasteiger partial charge in [-0.2, -0.15) is 5.26 Å². The van der Waals surface area contributed by atoms with Gasteiger partial charge in [0.25, 0.3) is 0 Å². The Balaban J connectivity index is 2.91. The van der Waals surface area contributed by atoms with Gasteiger partial charge in [-0.05, 0) is 25.5 Å². The minimum atomic E-state index is 0.692. The molecule has 0 heterocycles. The van der Waals surface area contributed by atoms with Crippen LogP contribution in [0.25, 0.3) is 0 Å². The summed E-state index contributed by atoms with van der Waals surface area (Å²) >= 11 is 0. The Morgan fingerprint density at radius 3 is 2.82 bits per heavy atom. The monoisotopic (exact) mass is 152 g/mol. The van der Waals surface area contributed by atoms with Crippen LogP contribution in [0.5, 0.6) is 0 Å². The van der Waals surface area contributed by atoms with Crippen molar-refractivity contribution in [3.8, 4) is 6.07 Å². The van der Waals surface area contributed by atoms with Crippen molar-refractivity contribution >= 4 is 6.21 Å². The molecule has 0 saturated heterocycles. The Hall–Kier alpha value is -0.840. The average molecular weight is 152 g/mol. The lowest BCUT2D eigenvalue weighted by molar-refractivity contribution is 0.700. The Kier molecular flexibility index (Phi) is 8.46. The number of hydrogen-bond acceptors (Lipinski definition) is 2. The van der Waals surface area contributed by atoms with Crippen LogP contribution >= 0.6 is 0 Å². The molecule has 62 valence electrons. The highest BCUT2D eigenvalue weighted by molar-refractivity contribution is 5.56. The molecule has 11 heavy (non-hydrogen) atoms. The molecular formula is C9H16N2. The molecule has 0 aromatic carbocycles. The fourth-order valence-corrected chi connectivity index (χ4v) is 0.804. The van der Waals surface area contributed by atoms with Gasteiger partial charge in [-0.3, -0.25) is 4.99 Å². The molecule has 0 amide bonds. The summed E-state index contributed by atoms with van der Waals surface area (Å²) in [6.07, 6.45) is 6.95. The van der Waals surface area contributed by atoms with E-state index in [1.165, 1.54) is 0 Å². The molecule has 0 rings (SSSR count). The fourth-order valence-electron chi connectivity index (χ4n) is 0.804. The lowest BCUT2D eigenvalue weighted by Gasteiger charge is -1.92. The van der Waals surface area contributed by atoms with Gasteiger partial charge < -0.3 is 0 Å². The summed E-state index contributed by atoms with van der Waals surface area (Å²) in [7, 11) is 0. The molecule has 0 atom stereocenters. The van der Waals surface area contributed by atoms with Crippen LogP contribution in [-0.2, 0) is 0 Å². The predicted molar refractivity (Wildman–Crippen MR) is 47.7 cm³/mol. The first kappa shape index (κ1) is 10.2. The number of nitriles is 1. The summed E-state index contributed by atoms with van der Waals surface area (Å²) in [5, 5.41) is 8.23. The van der Waals surface area contributed by atoms with Gasteiger partial charge in [0.2, 0.25) is 0 Å². The van der Waals surface area contributed by atoms with Crippen molar-refractivity contribution in [1.29, 1.82) is 5.26 Å². The Labute approximate surface area is 68.9 Å². The SMILES string of the molecule is CC/C=N/CCCCCC#N. The van der Waals surface area contributed by atoms with E-state index in [4.69, 9.17) is 5.26 Å². The molecule has 0 aliphatic rings. The lowest BCUT2D eigenvalue weighted by atomic mass is 10.2. The Bertz CT molecular complexity index is 133. The standard InChI is InChI=1S/C9H16N2/c1-2-8-11-9-6-4-3-5-7-10/h8H,2-6,9H2,1H3/b11-8+. The van der Waals surface area contributed by atoms with Crippen LogP contribution in [0.2, 0.25) is 0 Å². The molecule has 0 unspecified atom stereocenters. The average Bonchev–Trinajstić information content (AvgIpc) is 2.03. The molecule has 0 saturated carbocycles. The highest BCUT2D eigenvalue weighted by Gasteiger charge is 1.85. The maximum atomic E-state index is 8.23. The smallest absolute Gasteiger partial charge is 0.0621 e. The lowest BCUT2D eigenvalue weighted by Crippen LogP contribution is -1.82. The normalized spacial score (nSPS) is 10.2. The molecule has 0 radical (unpaired) electrons. The zero-order valence-electron chi connectivity index (χ0n) is 7.21. The summed E-state index contributed by atoms with van der Waals surface area (Å²) in [4.78, 5) is 4.18. The van der Waals surface area contributed by atoms with Crippen molar-refractivity contribution in [2.75, 3.05) is 6.54 Å². The zero-order chi connectivity index (χ0) is 8.36. The van der Waals surface area contributed by atoms with Crippen LogP contribution in [-0.4, -0.2) is 12.8 Å². The van der Waals surface area contributed by atoms with Gasteiger partial charge in [0.15, 0.2) is 0 Å². The van der Waals surface area contributed by atoms with E-state index in [0.29, 0.717) is 6.42 Å². The van der Waals surface area contributed by atoms with E-state index in [-0.39, 0.29) is 0 Å². The molecule has 2 nitrogen and oxygen atoms in total. The van der Waals surface area contributed by atoms with E-state index in [2.05, 4.69) is 18.0 Å². The van der Waals surface area contributed by atoms with E-state index in [0.717, 1.165) is 32.2 Å². The number of hydrogen-bond donors (Lipinski definition) is 0. The van der Waals surface area contributed by atoms with Gasteiger partial charge in [0.05, 0.1) is 6.07 Å². The third kappa shape index (κ3) is 9.16. The summed E-state index contributed by atoms with van der Waals surface area (Å²) in [5.41, 5.74) is 0. The van der Waals surface area contributed by atoms with Crippen molar-refractivity contribution in [2.45, 2.75) is 39.0 Å². The maximum absolute atomic E-state index is 8.23. The van der Waals surface area contributed by atoms with Gasteiger partial charge in [0, 0.05) is 13.0 Å². The molecule has 0 bridgehead atoms. The van der Waals surface area contributed by atoms with Gasteiger partial charge in [-0.15, -0.1) is 0 Å². The van der Waals surface area contributed by atoms with Gasteiger partial charge in [-0.1, -0.05) is 13.3 Å². The van der Waals surface area contributed by atoms with Gasteiger partial charge >= 0.3 is 0 Å². The van der Waals surface area contributed by atoms with Crippen LogP contribution in [0.4, 0.5) is 0 Å². The highest BCUT2D eigenvalue weighted by atomic mass is 14.7. The second kappa shape index (κ2) is 9.16. The first-order chi connectivity index (χ1) is 5.41. The van der Waals surface area contributed by atoms with Gasteiger partial charge in [0.1, 0.15) is 0 Å². The third-order valence-corrected chi connectivity index (χ3v) is 1.39. The zero-order valence-corrected chi connectivity index (χ0v) is 7.21. The van der Waals surface area contributed by atoms with Crippen LogP contribution in [0.15, 0.2) is 4.99 Å². The number of unbranched alkanes of at least 4 members (excludes halogenated alkanes) is 3. The first-order valence-electron chi connectivity index (χ1n) is 4.27. The summed E-state index contributed by atoms with van der Waals surface area (Å²) in [6, 6.07) is 2.13. The summed E-state index contributed by atoms with van der Waals surface area (Å²) in [5.74, 6) is 0. The molecule has 0 aliphatic heterocycles. The van der Waals surface area contributed by atoms with Crippen molar-refractivity contribution in [2.24, 2.45) is 4.99 Å². The van der Waals surface area contributed by atoms with E-state index >= 15 is 0 Å². The molecule has 0 aromatic heterocycles. The minimum absolute atomic E-state index is 0.692. The minimum Gasteiger partial charge on any atom is -0.298 e. The van der Waals surface area contributed by atoms with Crippen LogP contribution < -0.4 is 0 Å². The van der Waals surface area contributed by atoms with E-state index in [1.807, 2.05) is 6.21 Å². The van der Waals surface area contributed by atoms with Crippen LogP contribution in [0.3, 0.4) is 0 Å². The maximum Gasteiger partial charge on any atom is 0.0621 e. The summed E-state index contributed by atoms with van der Waals surface area (Å²) in [6.45, 7) is 3.01. The molecule has 0 aromatic rings. The highest BCUT2D eigenvalue weighted by Crippen LogP contribution is 1.98. The van der Waals surface area contributed by atoms with E-state index in [1.54, 1.807) is 0 Å². The van der Waals surface area contributed by atoms with Crippen molar-refractivity contribution in [1.82, 2.24) is 0 Å². The Morgan fingerprint density at radius 2 is 2.18 bits per heavy atom. The van der Waals surface area contributed by atoms with Crippen molar-refractivity contribution in [3.63, 3.8) is 0 Å². The largest absolute Gasteiger partial charge is 0.298 e. The number of nitrogens with zero attached hydrogens (tertiary/aromatic N) is 2. The number of aliphatic imine (C=N–C) groups is 1.